The highest BCUT2D eigenvalue weighted by Gasteiger charge is 2.28. The Hall–Kier alpha value is -4.96. The monoisotopic (exact) mass is 448 g/mol. The van der Waals surface area contributed by atoms with E-state index in [-0.39, 0.29) is 18.3 Å². The average Bonchev–Trinajstić information content (AvgIpc) is 3.42. The van der Waals surface area contributed by atoms with E-state index in [4.69, 9.17) is 16.3 Å². The summed E-state index contributed by atoms with van der Waals surface area (Å²) < 4.78 is 10.5. The van der Waals surface area contributed by atoms with Crippen molar-refractivity contribution in [2.75, 3.05) is 6.61 Å². The SMILES string of the molecule is [C-]#[N+]c1ccc2ncn(-c3ncc4c(n3)n(C3CCOc5ccccc53)c(=O)n4CC#N)c2c1. The predicted octanol–water partition coefficient (Wildman–Crippen LogP) is 3.38. The first-order valence-corrected chi connectivity index (χ1v) is 10.6. The Kier molecular flexibility index (Phi) is 4.39. The molecule has 0 bridgehead atoms. The van der Waals surface area contributed by atoms with Gasteiger partial charge >= 0.3 is 5.69 Å². The van der Waals surface area contributed by atoms with Gasteiger partial charge in [-0.3, -0.25) is 13.7 Å². The first-order chi connectivity index (χ1) is 16.7. The Morgan fingerprint density at radius 3 is 2.94 bits per heavy atom. The minimum Gasteiger partial charge on any atom is -0.493 e. The van der Waals surface area contributed by atoms with Crippen LogP contribution < -0.4 is 10.4 Å². The van der Waals surface area contributed by atoms with Crippen LogP contribution in [0.2, 0.25) is 0 Å². The fraction of sp³-hybridized carbons (Fsp3) is 0.167. The molecule has 164 valence electrons. The zero-order valence-electron chi connectivity index (χ0n) is 17.8. The third-order valence-electron chi connectivity index (χ3n) is 6.04. The van der Waals surface area contributed by atoms with Crippen molar-refractivity contribution in [3.05, 3.63) is 82.5 Å². The highest BCUT2D eigenvalue weighted by molar-refractivity contribution is 5.81. The highest BCUT2D eigenvalue weighted by atomic mass is 16.5. The molecule has 0 radical (unpaired) electrons. The van der Waals surface area contributed by atoms with E-state index in [0.29, 0.717) is 46.9 Å². The summed E-state index contributed by atoms with van der Waals surface area (Å²) >= 11 is 0. The lowest BCUT2D eigenvalue weighted by Gasteiger charge is -2.26. The molecule has 0 N–H and O–H groups in total. The van der Waals surface area contributed by atoms with E-state index in [1.807, 2.05) is 24.3 Å². The first-order valence-electron chi connectivity index (χ1n) is 10.6. The van der Waals surface area contributed by atoms with E-state index in [1.54, 1.807) is 39.9 Å². The Labute approximate surface area is 192 Å². The molecule has 1 atom stereocenters. The van der Waals surface area contributed by atoms with E-state index in [2.05, 4.69) is 20.9 Å². The molecule has 1 aliphatic rings. The second-order valence-electron chi connectivity index (χ2n) is 7.87. The van der Waals surface area contributed by atoms with Crippen molar-refractivity contribution in [2.24, 2.45) is 0 Å². The van der Waals surface area contributed by atoms with Gasteiger partial charge in [0.2, 0.25) is 5.95 Å². The van der Waals surface area contributed by atoms with E-state index >= 15 is 0 Å². The van der Waals surface area contributed by atoms with Crippen LogP contribution >= 0.6 is 0 Å². The molecule has 6 rings (SSSR count). The Morgan fingerprint density at radius 1 is 1.21 bits per heavy atom. The van der Waals surface area contributed by atoms with Crippen molar-refractivity contribution in [2.45, 2.75) is 19.0 Å². The summed E-state index contributed by atoms with van der Waals surface area (Å²) in [5.74, 6) is 1.05. The minimum atomic E-state index is -0.324. The molecule has 1 unspecified atom stereocenters. The van der Waals surface area contributed by atoms with Gasteiger partial charge in [-0.25, -0.2) is 19.6 Å². The number of rotatable bonds is 3. The smallest absolute Gasteiger partial charge is 0.331 e. The summed E-state index contributed by atoms with van der Waals surface area (Å²) in [4.78, 5) is 30.6. The van der Waals surface area contributed by atoms with Crippen LogP contribution in [0.5, 0.6) is 5.75 Å². The number of fused-ring (bicyclic) bond motifs is 3. The molecule has 0 saturated heterocycles. The fourth-order valence-electron chi connectivity index (χ4n) is 4.49. The van der Waals surface area contributed by atoms with E-state index in [9.17, 15) is 10.1 Å². The van der Waals surface area contributed by atoms with Crippen LogP contribution in [0.1, 0.15) is 18.0 Å². The molecule has 0 fully saturated rings. The fourth-order valence-corrected chi connectivity index (χ4v) is 4.49. The molecule has 0 aliphatic carbocycles. The molecule has 10 heteroatoms. The maximum Gasteiger partial charge on any atom is 0.331 e. The number of hydrogen-bond donors (Lipinski definition) is 0. The summed E-state index contributed by atoms with van der Waals surface area (Å²) in [5, 5.41) is 9.34. The summed E-state index contributed by atoms with van der Waals surface area (Å²) in [7, 11) is 0. The normalized spacial score (nSPS) is 14.9. The zero-order chi connectivity index (χ0) is 23.2. The number of para-hydroxylation sites is 1. The lowest BCUT2D eigenvalue weighted by Crippen LogP contribution is -2.31. The van der Waals surface area contributed by atoms with Gasteiger partial charge in [-0.2, -0.15) is 10.2 Å². The molecule has 3 aromatic heterocycles. The molecular weight excluding hydrogens is 432 g/mol. The van der Waals surface area contributed by atoms with Crippen LogP contribution in [-0.2, 0) is 6.54 Å². The quantitative estimate of drug-likeness (QED) is 0.392. The summed E-state index contributed by atoms with van der Waals surface area (Å²) in [6.07, 6.45) is 3.74. The van der Waals surface area contributed by atoms with Crippen LogP contribution in [0.3, 0.4) is 0 Å². The lowest BCUT2D eigenvalue weighted by molar-refractivity contribution is 0.256. The number of nitriles is 1. The van der Waals surface area contributed by atoms with Crippen LogP contribution in [0.15, 0.2) is 59.8 Å². The number of aromatic nitrogens is 6. The van der Waals surface area contributed by atoms with Gasteiger partial charge in [0.25, 0.3) is 0 Å². The third kappa shape index (κ3) is 2.86. The maximum atomic E-state index is 13.5. The lowest BCUT2D eigenvalue weighted by atomic mass is 10.0. The molecule has 34 heavy (non-hydrogen) atoms. The second-order valence-corrected chi connectivity index (χ2v) is 7.87. The minimum absolute atomic E-state index is 0.113. The first kappa shape index (κ1) is 19.7. The van der Waals surface area contributed by atoms with Crippen LogP contribution in [0, 0.1) is 17.9 Å². The van der Waals surface area contributed by atoms with Gasteiger partial charge < -0.3 is 4.74 Å². The number of imidazole rings is 2. The van der Waals surface area contributed by atoms with Gasteiger partial charge in [0.05, 0.1) is 42.5 Å². The maximum absolute atomic E-state index is 13.5. The number of hydrogen-bond acceptors (Lipinski definition) is 6. The van der Waals surface area contributed by atoms with Gasteiger partial charge in [0.15, 0.2) is 11.3 Å². The molecule has 0 amide bonds. The second kappa shape index (κ2) is 7.57. The third-order valence-corrected chi connectivity index (χ3v) is 6.04. The molecule has 5 aromatic rings. The van der Waals surface area contributed by atoms with Gasteiger partial charge in [0.1, 0.15) is 24.1 Å². The van der Waals surface area contributed by atoms with Gasteiger partial charge in [-0.1, -0.05) is 24.3 Å². The van der Waals surface area contributed by atoms with Crippen molar-refractivity contribution < 1.29 is 4.74 Å². The standard InChI is InChI=1S/C24H16N8O2/c1-26-15-6-7-17-19(12-15)31(14-28-17)23-27-13-20-22(29-23)32(24(33)30(20)10-9-25)18-8-11-34-21-5-3-2-4-16(18)21/h2-7,12-14,18H,8,10-11H2. The largest absolute Gasteiger partial charge is 0.493 e. The summed E-state index contributed by atoms with van der Waals surface area (Å²) in [6.45, 7) is 7.66. The van der Waals surface area contributed by atoms with Crippen molar-refractivity contribution >= 4 is 27.9 Å². The van der Waals surface area contributed by atoms with Crippen molar-refractivity contribution in [3.63, 3.8) is 0 Å². The highest BCUT2D eigenvalue weighted by Crippen LogP contribution is 2.35. The molecular formula is C24H16N8O2. The van der Waals surface area contributed by atoms with Gasteiger partial charge in [-0.05, 0) is 18.2 Å². The van der Waals surface area contributed by atoms with Crippen LogP contribution in [0.4, 0.5) is 5.69 Å². The summed E-state index contributed by atoms with van der Waals surface area (Å²) in [5.41, 5.74) is 3.34. The van der Waals surface area contributed by atoms with E-state index in [0.717, 1.165) is 11.3 Å². The van der Waals surface area contributed by atoms with Crippen LogP contribution in [0.25, 0.3) is 33.0 Å². The molecule has 4 heterocycles. The van der Waals surface area contributed by atoms with Crippen molar-refractivity contribution in [1.82, 2.24) is 28.7 Å². The summed E-state index contributed by atoms with van der Waals surface area (Å²) in [6, 6.07) is 14.6. The molecule has 0 spiro atoms. The molecule has 0 saturated carbocycles. The Bertz CT molecular complexity index is 1730. The van der Waals surface area contributed by atoms with Gasteiger partial charge in [-0.15, -0.1) is 0 Å². The number of nitrogens with zero attached hydrogens (tertiary/aromatic N) is 8. The molecule has 10 nitrogen and oxygen atoms in total. The topological polar surface area (TPSA) is 108 Å². The van der Waals surface area contributed by atoms with E-state index < -0.39 is 0 Å². The predicted molar refractivity (Wildman–Crippen MR) is 123 cm³/mol. The van der Waals surface area contributed by atoms with Crippen molar-refractivity contribution in [3.8, 4) is 17.8 Å². The number of benzene rings is 2. The molecule has 1 aliphatic heterocycles. The van der Waals surface area contributed by atoms with E-state index in [1.165, 1.54) is 4.57 Å². The Balaban J connectivity index is 1.61. The zero-order valence-corrected chi connectivity index (χ0v) is 17.8. The molecule has 2 aromatic carbocycles. The Morgan fingerprint density at radius 2 is 2.09 bits per heavy atom. The van der Waals surface area contributed by atoms with Crippen molar-refractivity contribution in [1.29, 1.82) is 5.26 Å². The van der Waals surface area contributed by atoms with Gasteiger partial charge in [0, 0.05) is 12.0 Å². The number of ether oxygens (including phenoxy) is 1. The average molecular weight is 448 g/mol. The van der Waals surface area contributed by atoms with Crippen LogP contribution in [-0.4, -0.2) is 35.3 Å².